The predicted molar refractivity (Wildman–Crippen MR) is 135 cm³/mol. The van der Waals surface area contributed by atoms with Crippen LogP contribution in [0.4, 0.5) is 0 Å². The molecule has 7 nitrogen and oxygen atoms in total. The van der Waals surface area contributed by atoms with Gasteiger partial charge in [-0.25, -0.2) is 0 Å². The standard InChI is InChI=1S/C23H33N5O2.HI/c1-17-13-25-21(18(2)22(17)29-4)15-27-23(24-3)26-14-19-7-5-6-8-20(19)16-28-9-11-30-12-10-28;/h5-8,13H,9-12,14-16H2,1-4H3,(H2,24,26,27);1H. The third-order valence-corrected chi connectivity index (χ3v) is 5.46. The van der Waals surface area contributed by atoms with Gasteiger partial charge in [0.2, 0.25) is 0 Å². The molecule has 0 spiro atoms. The van der Waals surface area contributed by atoms with Gasteiger partial charge in [-0.05, 0) is 25.0 Å². The van der Waals surface area contributed by atoms with Crippen molar-refractivity contribution in [2.75, 3.05) is 40.5 Å². The van der Waals surface area contributed by atoms with Gasteiger partial charge in [0.05, 0.1) is 32.6 Å². The van der Waals surface area contributed by atoms with E-state index in [4.69, 9.17) is 9.47 Å². The van der Waals surface area contributed by atoms with E-state index in [-0.39, 0.29) is 24.0 Å². The topological polar surface area (TPSA) is 71.0 Å². The van der Waals surface area contributed by atoms with E-state index in [1.54, 1.807) is 14.2 Å². The van der Waals surface area contributed by atoms with Gasteiger partial charge in [0.15, 0.2) is 5.96 Å². The molecule has 0 aliphatic carbocycles. The number of halogens is 1. The lowest BCUT2D eigenvalue weighted by atomic mass is 10.1. The summed E-state index contributed by atoms with van der Waals surface area (Å²) in [6.45, 7) is 9.87. The number of aliphatic imine (C=N–C) groups is 1. The molecule has 1 fully saturated rings. The van der Waals surface area contributed by atoms with Gasteiger partial charge in [-0.15, -0.1) is 24.0 Å². The molecule has 0 amide bonds. The highest BCUT2D eigenvalue weighted by molar-refractivity contribution is 14.0. The number of morpholine rings is 1. The first-order chi connectivity index (χ1) is 14.6. The van der Waals surface area contributed by atoms with Crippen molar-refractivity contribution in [3.8, 4) is 5.75 Å². The highest BCUT2D eigenvalue weighted by Crippen LogP contribution is 2.23. The second-order valence-corrected chi connectivity index (χ2v) is 7.48. The molecule has 1 aliphatic heterocycles. The summed E-state index contributed by atoms with van der Waals surface area (Å²) in [4.78, 5) is 11.4. The van der Waals surface area contributed by atoms with Crippen LogP contribution in [-0.4, -0.2) is 56.3 Å². The van der Waals surface area contributed by atoms with E-state index in [9.17, 15) is 0 Å². The molecule has 0 radical (unpaired) electrons. The number of nitrogens with one attached hydrogen (secondary N) is 2. The smallest absolute Gasteiger partial charge is 0.191 e. The first kappa shape index (κ1) is 25.4. The Morgan fingerprint density at radius 1 is 1.13 bits per heavy atom. The van der Waals surface area contributed by atoms with E-state index in [2.05, 4.69) is 49.8 Å². The summed E-state index contributed by atoms with van der Waals surface area (Å²) in [5, 5.41) is 6.79. The van der Waals surface area contributed by atoms with Gasteiger partial charge in [-0.1, -0.05) is 24.3 Å². The van der Waals surface area contributed by atoms with Crippen LogP contribution in [-0.2, 0) is 24.4 Å². The van der Waals surface area contributed by atoms with Gasteiger partial charge in [-0.3, -0.25) is 14.9 Å². The number of methoxy groups -OCH3 is 1. The molecule has 2 aromatic rings. The minimum absolute atomic E-state index is 0. The van der Waals surface area contributed by atoms with E-state index < -0.39 is 0 Å². The maximum atomic E-state index is 5.50. The van der Waals surface area contributed by atoms with Crippen molar-refractivity contribution in [1.82, 2.24) is 20.5 Å². The maximum Gasteiger partial charge on any atom is 0.191 e. The van der Waals surface area contributed by atoms with Crippen molar-refractivity contribution in [2.45, 2.75) is 33.5 Å². The number of rotatable bonds is 7. The summed E-state index contributed by atoms with van der Waals surface area (Å²) < 4.78 is 11.0. The minimum Gasteiger partial charge on any atom is -0.496 e. The second kappa shape index (κ2) is 12.8. The number of benzene rings is 1. The van der Waals surface area contributed by atoms with Crippen molar-refractivity contribution in [2.24, 2.45) is 4.99 Å². The second-order valence-electron chi connectivity index (χ2n) is 7.48. The summed E-state index contributed by atoms with van der Waals surface area (Å²) in [6.07, 6.45) is 1.85. The molecule has 2 heterocycles. The zero-order chi connectivity index (χ0) is 21.3. The van der Waals surface area contributed by atoms with Gasteiger partial charge in [0.1, 0.15) is 5.75 Å². The lowest BCUT2D eigenvalue weighted by molar-refractivity contribution is 0.0341. The highest BCUT2D eigenvalue weighted by atomic mass is 127. The lowest BCUT2D eigenvalue weighted by Gasteiger charge is -2.27. The summed E-state index contributed by atoms with van der Waals surface area (Å²) >= 11 is 0. The summed E-state index contributed by atoms with van der Waals surface area (Å²) in [5.74, 6) is 1.64. The SMILES string of the molecule is CN=C(NCc1ccccc1CN1CCOCC1)NCc1ncc(C)c(OC)c1C.I. The molecule has 1 aromatic carbocycles. The first-order valence-electron chi connectivity index (χ1n) is 10.4. The molecule has 0 saturated carbocycles. The van der Waals surface area contributed by atoms with Crippen LogP contribution >= 0.6 is 24.0 Å². The van der Waals surface area contributed by atoms with Gasteiger partial charge in [0.25, 0.3) is 0 Å². The monoisotopic (exact) mass is 539 g/mol. The third kappa shape index (κ3) is 7.05. The molecular formula is C23H34IN5O2. The zero-order valence-electron chi connectivity index (χ0n) is 18.9. The summed E-state index contributed by atoms with van der Waals surface area (Å²) in [5.41, 5.74) is 5.66. The van der Waals surface area contributed by atoms with E-state index in [1.165, 1.54) is 11.1 Å². The zero-order valence-corrected chi connectivity index (χ0v) is 21.2. The highest BCUT2D eigenvalue weighted by Gasteiger charge is 2.13. The number of nitrogens with zero attached hydrogens (tertiary/aromatic N) is 3. The van der Waals surface area contributed by atoms with Crippen molar-refractivity contribution in [3.63, 3.8) is 0 Å². The Kier molecular flexibility index (Phi) is 10.5. The van der Waals surface area contributed by atoms with E-state index in [0.29, 0.717) is 13.1 Å². The number of hydrogen-bond acceptors (Lipinski definition) is 5. The van der Waals surface area contributed by atoms with Crippen molar-refractivity contribution >= 4 is 29.9 Å². The Labute approximate surface area is 202 Å². The van der Waals surface area contributed by atoms with Crippen molar-refractivity contribution in [3.05, 3.63) is 58.4 Å². The van der Waals surface area contributed by atoms with Crippen LogP contribution in [0.25, 0.3) is 0 Å². The summed E-state index contributed by atoms with van der Waals surface area (Å²) in [6, 6.07) is 8.56. The Balaban J connectivity index is 0.00000341. The Morgan fingerprint density at radius 3 is 2.48 bits per heavy atom. The van der Waals surface area contributed by atoms with Gasteiger partial charge < -0.3 is 20.1 Å². The van der Waals surface area contributed by atoms with Crippen LogP contribution in [0.2, 0.25) is 0 Å². The van der Waals surface area contributed by atoms with Crippen LogP contribution in [0.3, 0.4) is 0 Å². The fourth-order valence-electron chi connectivity index (χ4n) is 3.70. The van der Waals surface area contributed by atoms with Crippen LogP contribution in [0.1, 0.15) is 27.9 Å². The van der Waals surface area contributed by atoms with Crippen LogP contribution in [0.5, 0.6) is 5.75 Å². The average molecular weight is 539 g/mol. The fraction of sp³-hybridized carbons (Fsp3) is 0.478. The molecule has 2 N–H and O–H groups in total. The number of guanidine groups is 1. The number of pyridine rings is 1. The lowest BCUT2D eigenvalue weighted by Crippen LogP contribution is -2.38. The average Bonchev–Trinajstić information content (AvgIpc) is 2.77. The maximum absolute atomic E-state index is 5.50. The molecule has 0 atom stereocenters. The van der Waals surface area contributed by atoms with Crippen LogP contribution in [0.15, 0.2) is 35.5 Å². The molecule has 3 rings (SSSR count). The van der Waals surface area contributed by atoms with Crippen LogP contribution in [0, 0.1) is 13.8 Å². The Hall–Kier alpha value is -1.91. The third-order valence-electron chi connectivity index (χ3n) is 5.46. The van der Waals surface area contributed by atoms with E-state index in [1.807, 2.05) is 20.0 Å². The molecule has 0 unspecified atom stereocenters. The first-order valence-corrected chi connectivity index (χ1v) is 10.4. The molecule has 31 heavy (non-hydrogen) atoms. The number of aryl methyl sites for hydroxylation is 1. The molecule has 170 valence electrons. The quantitative estimate of drug-likeness (QED) is 0.321. The van der Waals surface area contributed by atoms with E-state index in [0.717, 1.165) is 61.4 Å². The van der Waals surface area contributed by atoms with Crippen LogP contribution < -0.4 is 15.4 Å². The Bertz CT molecular complexity index is 869. The molecule has 1 aromatic heterocycles. The Morgan fingerprint density at radius 2 is 1.81 bits per heavy atom. The minimum atomic E-state index is 0. The van der Waals surface area contributed by atoms with Crippen molar-refractivity contribution in [1.29, 1.82) is 0 Å². The molecular weight excluding hydrogens is 505 g/mol. The normalized spacial score (nSPS) is 14.6. The number of aromatic nitrogens is 1. The number of hydrogen-bond donors (Lipinski definition) is 2. The molecule has 0 bridgehead atoms. The largest absolute Gasteiger partial charge is 0.496 e. The predicted octanol–water partition coefficient (Wildman–Crippen LogP) is 3.02. The molecule has 8 heteroatoms. The van der Waals surface area contributed by atoms with E-state index >= 15 is 0 Å². The molecule has 1 saturated heterocycles. The fourth-order valence-corrected chi connectivity index (χ4v) is 3.70. The van der Waals surface area contributed by atoms with Gasteiger partial charge in [-0.2, -0.15) is 0 Å². The van der Waals surface area contributed by atoms with Gasteiger partial charge >= 0.3 is 0 Å². The molecule has 1 aliphatic rings. The number of ether oxygens (including phenoxy) is 2. The summed E-state index contributed by atoms with van der Waals surface area (Å²) in [7, 11) is 3.48. The van der Waals surface area contributed by atoms with Gasteiger partial charge in [0, 0.05) is 50.6 Å². The van der Waals surface area contributed by atoms with Crippen molar-refractivity contribution < 1.29 is 9.47 Å².